The third-order valence-electron chi connectivity index (χ3n) is 13.0. The van der Waals surface area contributed by atoms with E-state index in [0.717, 1.165) is 17.1 Å². The summed E-state index contributed by atoms with van der Waals surface area (Å²) in [6.45, 7) is 0. The van der Waals surface area contributed by atoms with E-state index < -0.39 is 0 Å². The summed E-state index contributed by atoms with van der Waals surface area (Å²) in [4.78, 5) is 2.34. The molecule has 2 heteroatoms. The van der Waals surface area contributed by atoms with Crippen LogP contribution in [-0.4, -0.2) is 4.40 Å². The highest BCUT2D eigenvalue weighted by Gasteiger charge is 2.20. The van der Waals surface area contributed by atoms with Gasteiger partial charge in [-0.3, -0.25) is 0 Å². The zero-order valence-corrected chi connectivity index (χ0v) is 36.3. The Labute approximate surface area is 385 Å². The van der Waals surface area contributed by atoms with E-state index in [1.807, 2.05) is 0 Å². The van der Waals surface area contributed by atoms with Crippen LogP contribution >= 0.6 is 0 Å². The third kappa shape index (κ3) is 7.02. The van der Waals surface area contributed by atoms with Gasteiger partial charge < -0.3 is 9.30 Å². The molecular weight excluding hydrogens is 797 g/mol. The highest BCUT2D eigenvalue weighted by molar-refractivity contribution is 6.22. The largest absolute Gasteiger partial charge is 0.315 e. The normalized spacial score (nSPS) is 11.3. The number of aromatic nitrogens is 1. The second-order valence-corrected chi connectivity index (χ2v) is 16.9. The molecule has 0 spiro atoms. The summed E-state index contributed by atoms with van der Waals surface area (Å²) >= 11 is 0. The molecule has 12 aromatic rings. The molecular formula is C64H44N2. The highest BCUT2D eigenvalue weighted by atomic mass is 15.1. The fraction of sp³-hybridized carbons (Fsp3) is 0. The van der Waals surface area contributed by atoms with Crippen molar-refractivity contribution in [3.05, 3.63) is 267 Å². The van der Waals surface area contributed by atoms with Gasteiger partial charge in [0, 0.05) is 39.8 Å². The van der Waals surface area contributed by atoms with Crippen LogP contribution in [-0.2, 0) is 0 Å². The molecule has 2 nitrogen and oxygen atoms in total. The lowest BCUT2D eigenvalue weighted by molar-refractivity contribution is 1.26. The summed E-state index contributed by atoms with van der Waals surface area (Å²) in [5.74, 6) is 0. The monoisotopic (exact) mass is 840 g/mol. The van der Waals surface area contributed by atoms with Crippen LogP contribution in [0.1, 0.15) is 0 Å². The Hall–Kier alpha value is -8.72. The number of anilines is 3. The van der Waals surface area contributed by atoms with Crippen LogP contribution in [0.2, 0.25) is 0 Å². The lowest BCUT2D eigenvalue weighted by Gasteiger charge is -2.26. The number of hydrogen-bond acceptors (Lipinski definition) is 1. The number of pyridine rings is 1. The second-order valence-electron chi connectivity index (χ2n) is 16.9. The van der Waals surface area contributed by atoms with Crippen molar-refractivity contribution in [2.75, 3.05) is 4.90 Å². The van der Waals surface area contributed by atoms with Crippen LogP contribution in [0.25, 0.3) is 94.0 Å². The molecule has 10 aromatic carbocycles. The van der Waals surface area contributed by atoms with Gasteiger partial charge in [-0.05, 0) is 121 Å². The van der Waals surface area contributed by atoms with Gasteiger partial charge in [-0.25, -0.2) is 0 Å². The highest BCUT2D eigenvalue weighted by Crippen LogP contribution is 2.45. The van der Waals surface area contributed by atoms with Crippen LogP contribution in [0.4, 0.5) is 17.1 Å². The van der Waals surface area contributed by atoms with Crippen LogP contribution in [0.5, 0.6) is 0 Å². The summed E-state index contributed by atoms with van der Waals surface area (Å²) in [5, 5.41) is 3.79. The van der Waals surface area contributed by atoms with Gasteiger partial charge in [0.2, 0.25) is 0 Å². The number of benzene rings is 10. The Bertz CT molecular complexity index is 3650. The molecule has 310 valence electrons. The van der Waals surface area contributed by atoms with E-state index in [9.17, 15) is 0 Å². The van der Waals surface area contributed by atoms with Crippen molar-refractivity contribution < 1.29 is 0 Å². The Kier molecular flexibility index (Phi) is 9.89. The minimum absolute atomic E-state index is 1.10. The smallest absolute Gasteiger partial charge is 0.0620 e. The van der Waals surface area contributed by atoms with E-state index in [1.54, 1.807) is 0 Å². The second kappa shape index (κ2) is 16.8. The van der Waals surface area contributed by atoms with E-state index in [0.29, 0.717) is 0 Å². The van der Waals surface area contributed by atoms with Crippen molar-refractivity contribution in [2.24, 2.45) is 0 Å². The summed E-state index contributed by atoms with van der Waals surface area (Å²) in [7, 11) is 0. The van der Waals surface area contributed by atoms with Gasteiger partial charge in [-0.2, -0.15) is 0 Å². The standard InChI is InChI=1S/C64H44N2/c1-4-17-48(18-5-1)57-26-12-13-27-58(57)49-38-40-55(41-39-49)66(54-23-8-3-9-24-54)56-25-16-22-52(43-56)47-32-30-45(31-33-47)46-34-36-50(37-35-46)60-44-53-21-10-11-28-59(53)63-62(51-19-6-2-7-20-51)61-29-14-15-42-65(61)64(60)63/h1-44H. The van der Waals surface area contributed by atoms with Crippen molar-refractivity contribution in [1.29, 1.82) is 0 Å². The lowest BCUT2D eigenvalue weighted by atomic mass is 9.92. The first-order valence-electron chi connectivity index (χ1n) is 22.7. The van der Waals surface area contributed by atoms with Gasteiger partial charge in [0.1, 0.15) is 0 Å². The SMILES string of the molecule is c1ccc(-c2ccccc2-c2ccc(N(c3ccccc3)c3cccc(-c4ccc(-c5ccc(-c6cc7ccccc7c7c(-c8ccccc8)c8ccccn8c67)cc5)cc4)c3)cc2)cc1. The number of hydrogen-bond donors (Lipinski definition) is 0. The molecule has 0 fully saturated rings. The first kappa shape index (κ1) is 38.9. The molecule has 0 atom stereocenters. The minimum Gasteiger partial charge on any atom is -0.315 e. The molecule has 0 amide bonds. The Morgan fingerprint density at radius 2 is 0.758 bits per heavy atom. The fourth-order valence-corrected chi connectivity index (χ4v) is 9.87. The van der Waals surface area contributed by atoms with Crippen LogP contribution in [0.15, 0.2) is 267 Å². The maximum Gasteiger partial charge on any atom is 0.0620 e. The molecule has 0 unspecified atom stereocenters. The molecule has 2 heterocycles. The topological polar surface area (TPSA) is 7.65 Å². The van der Waals surface area contributed by atoms with Gasteiger partial charge in [0.25, 0.3) is 0 Å². The van der Waals surface area contributed by atoms with E-state index in [1.165, 1.54) is 94.0 Å². The Morgan fingerprint density at radius 3 is 1.44 bits per heavy atom. The van der Waals surface area contributed by atoms with Gasteiger partial charge in [0.15, 0.2) is 0 Å². The first-order chi connectivity index (χ1) is 32.7. The molecule has 0 aliphatic heterocycles. The van der Waals surface area contributed by atoms with E-state index in [-0.39, 0.29) is 0 Å². The molecule has 66 heavy (non-hydrogen) atoms. The van der Waals surface area contributed by atoms with Crippen molar-refractivity contribution in [3.8, 4) is 66.8 Å². The number of para-hydroxylation sites is 1. The predicted octanol–water partition coefficient (Wildman–Crippen LogP) is 17.7. The average Bonchev–Trinajstić information content (AvgIpc) is 3.75. The molecule has 0 saturated carbocycles. The quantitative estimate of drug-likeness (QED) is 0.140. The van der Waals surface area contributed by atoms with E-state index in [2.05, 4.69) is 276 Å². The maximum atomic E-state index is 2.38. The minimum atomic E-state index is 1.10. The molecule has 0 saturated heterocycles. The van der Waals surface area contributed by atoms with Crippen molar-refractivity contribution in [3.63, 3.8) is 0 Å². The summed E-state index contributed by atoms with van der Waals surface area (Å²) in [6.07, 6.45) is 2.21. The van der Waals surface area contributed by atoms with Gasteiger partial charge in [-0.15, -0.1) is 0 Å². The summed E-state index contributed by atoms with van der Waals surface area (Å²) in [5.41, 5.74) is 20.2. The van der Waals surface area contributed by atoms with Crippen LogP contribution in [0, 0.1) is 0 Å². The van der Waals surface area contributed by atoms with E-state index >= 15 is 0 Å². The van der Waals surface area contributed by atoms with Crippen molar-refractivity contribution >= 4 is 44.3 Å². The first-order valence-corrected chi connectivity index (χ1v) is 22.7. The molecule has 0 bridgehead atoms. The number of fused-ring (bicyclic) bond motifs is 5. The van der Waals surface area contributed by atoms with Crippen molar-refractivity contribution in [2.45, 2.75) is 0 Å². The van der Waals surface area contributed by atoms with Crippen LogP contribution < -0.4 is 4.90 Å². The molecule has 12 rings (SSSR count). The van der Waals surface area contributed by atoms with Gasteiger partial charge in [0.05, 0.1) is 11.0 Å². The zero-order chi connectivity index (χ0) is 43.8. The Balaban J connectivity index is 0.861. The zero-order valence-electron chi connectivity index (χ0n) is 36.3. The third-order valence-corrected chi connectivity index (χ3v) is 13.0. The number of nitrogens with zero attached hydrogens (tertiary/aromatic N) is 2. The molecule has 0 radical (unpaired) electrons. The predicted molar refractivity (Wildman–Crippen MR) is 280 cm³/mol. The Morgan fingerprint density at radius 1 is 0.288 bits per heavy atom. The molecule has 0 aliphatic carbocycles. The van der Waals surface area contributed by atoms with Crippen LogP contribution in [0.3, 0.4) is 0 Å². The molecule has 0 N–H and O–H groups in total. The molecule has 2 aromatic heterocycles. The van der Waals surface area contributed by atoms with E-state index in [4.69, 9.17) is 0 Å². The van der Waals surface area contributed by atoms with Crippen molar-refractivity contribution in [1.82, 2.24) is 4.40 Å². The van der Waals surface area contributed by atoms with Gasteiger partial charge >= 0.3 is 0 Å². The number of rotatable bonds is 9. The van der Waals surface area contributed by atoms with Gasteiger partial charge in [-0.1, -0.05) is 206 Å². The summed E-state index contributed by atoms with van der Waals surface area (Å²) in [6, 6.07) is 94.4. The maximum absolute atomic E-state index is 2.38. The lowest BCUT2D eigenvalue weighted by Crippen LogP contribution is -2.09. The fourth-order valence-electron chi connectivity index (χ4n) is 9.87. The average molecular weight is 841 g/mol. The molecule has 0 aliphatic rings. The summed E-state index contributed by atoms with van der Waals surface area (Å²) < 4.78 is 2.38.